The van der Waals surface area contributed by atoms with Crippen LogP contribution in [0.15, 0.2) is 29.4 Å². The lowest BCUT2D eigenvalue weighted by Crippen LogP contribution is -2.14. The van der Waals surface area contributed by atoms with E-state index in [1.165, 1.54) is 23.1 Å². The van der Waals surface area contributed by atoms with Crippen LogP contribution in [-0.4, -0.2) is 23.2 Å². The second kappa shape index (κ2) is 5.20. The molecule has 0 saturated carbocycles. The van der Waals surface area contributed by atoms with Crippen LogP contribution in [0.5, 0.6) is 0 Å². The summed E-state index contributed by atoms with van der Waals surface area (Å²) in [6, 6.07) is 3.42. The number of aromatic nitrogens is 3. The summed E-state index contributed by atoms with van der Waals surface area (Å²) in [5.74, 6) is -0.775. The van der Waals surface area contributed by atoms with Gasteiger partial charge < -0.3 is 5.73 Å². The molecule has 0 aliphatic carbocycles. The molecule has 0 radical (unpaired) electrons. The first-order chi connectivity index (χ1) is 9.31. The second-order valence-electron chi connectivity index (χ2n) is 4.66. The van der Waals surface area contributed by atoms with Crippen molar-refractivity contribution in [3.05, 3.63) is 36.2 Å². The molecule has 0 amide bonds. The van der Waals surface area contributed by atoms with E-state index in [1.54, 1.807) is 0 Å². The van der Waals surface area contributed by atoms with E-state index in [1.807, 2.05) is 13.8 Å². The van der Waals surface area contributed by atoms with Gasteiger partial charge in [0.05, 0.1) is 10.6 Å². The summed E-state index contributed by atoms with van der Waals surface area (Å²) in [7, 11) is -3.70. The Hall–Kier alpha value is -1.96. The maximum absolute atomic E-state index is 13.4. The zero-order valence-corrected chi connectivity index (χ0v) is 11.9. The zero-order chi connectivity index (χ0) is 14.9. The fraction of sp³-hybridized carbons (Fsp3) is 0.333. The highest BCUT2D eigenvalue weighted by molar-refractivity contribution is 7.90. The van der Waals surface area contributed by atoms with Crippen LogP contribution >= 0.6 is 0 Å². The highest BCUT2D eigenvalue weighted by atomic mass is 32.2. The van der Waals surface area contributed by atoms with Gasteiger partial charge in [-0.05, 0) is 32.0 Å². The number of rotatable bonds is 4. The van der Waals surface area contributed by atoms with Crippen LogP contribution in [0.3, 0.4) is 0 Å². The van der Waals surface area contributed by atoms with E-state index in [-0.39, 0.29) is 22.4 Å². The normalized spacial score (nSPS) is 12.0. The Kier molecular flexibility index (Phi) is 3.76. The summed E-state index contributed by atoms with van der Waals surface area (Å²) in [4.78, 5) is 3.82. The van der Waals surface area contributed by atoms with Crippen molar-refractivity contribution in [1.29, 1.82) is 0 Å². The number of nitrogens with two attached hydrogens (primary N) is 1. The van der Waals surface area contributed by atoms with Crippen molar-refractivity contribution < 1.29 is 12.8 Å². The largest absolute Gasteiger partial charge is 0.396 e. The Morgan fingerprint density at radius 2 is 2.10 bits per heavy atom. The fourth-order valence-electron chi connectivity index (χ4n) is 1.76. The van der Waals surface area contributed by atoms with Gasteiger partial charge in [0.15, 0.2) is 9.84 Å². The smallest absolute Gasteiger partial charge is 0.185 e. The first-order valence-corrected chi connectivity index (χ1v) is 7.62. The third kappa shape index (κ3) is 2.79. The van der Waals surface area contributed by atoms with Crippen molar-refractivity contribution >= 4 is 15.5 Å². The number of halogens is 1. The minimum atomic E-state index is -3.70. The van der Waals surface area contributed by atoms with E-state index in [4.69, 9.17) is 5.73 Å². The molecule has 108 valence electrons. The standard InChI is InChI=1S/C12H15FN4O2S/c1-8(2)17-12(15-7-16-17)6-20(18,19)9-3-4-11(14)10(13)5-9/h3-5,7-8H,6,14H2,1-2H3. The third-order valence-corrected chi connectivity index (χ3v) is 4.40. The van der Waals surface area contributed by atoms with Crippen LogP contribution in [-0.2, 0) is 15.6 Å². The molecular weight excluding hydrogens is 283 g/mol. The van der Waals surface area contributed by atoms with Crippen LogP contribution in [0, 0.1) is 5.82 Å². The molecule has 1 aromatic carbocycles. The predicted molar refractivity (Wildman–Crippen MR) is 72.1 cm³/mol. The molecule has 0 unspecified atom stereocenters. The SMILES string of the molecule is CC(C)n1ncnc1CS(=O)(=O)c1ccc(N)c(F)c1. The van der Waals surface area contributed by atoms with E-state index in [0.717, 1.165) is 6.07 Å². The monoisotopic (exact) mass is 298 g/mol. The van der Waals surface area contributed by atoms with Crippen LogP contribution in [0.2, 0.25) is 0 Å². The van der Waals surface area contributed by atoms with Gasteiger partial charge in [-0.25, -0.2) is 22.5 Å². The lowest BCUT2D eigenvalue weighted by atomic mass is 10.3. The maximum Gasteiger partial charge on any atom is 0.185 e. The van der Waals surface area contributed by atoms with E-state index in [2.05, 4.69) is 10.1 Å². The third-order valence-electron chi connectivity index (χ3n) is 2.79. The molecule has 0 bridgehead atoms. The minimum Gasteiger partial charge on any atom is -0.396 e. The molecule has 8 heteroatoms. The zero-order valence-electron chi connectivity index (χ0n) is 11.1. The lowest BCUT2D eigenvalue weighted by Gasteiger charge is -2.10. The van der Waals surface area contributed by atoms with Crippen LogP contribution in [0.1, 0.15) is 25.7 Å². The number of anilines is 1. The molecule has 1 heterocycles. The van der Waals surface area contributed by atoms with Crippen LogP contribution in [0.4, 0.5) is 10.1 Å². The van der Waals surface area contributed by atoms with Gasteiger partial charge in [0.1, 0.15) is 23.7 Å². The topological polar surface area (TPSA) is 90.9 Å². The molecule has 20 heavy (non-hydrogen) atoms. The minimum absolute atomic E-state index is 0.00847. The van der Waals surface area contributed by atoms with Crippen molar-refractivity contribution in [2.24, 2.45) is 0 Å². The number of benzene rings is 1. The lowest BCUT2D eigenvalue weighted by molar-refractivity contribution is 0.510. The Bertz CT molecular complexity index is 725. The molecule has 0 aliphatic rings. The Morgan fingerprint density at radius 3 is 2.70 bits per heavy atom. The van der Waals surface area contributed by atoms with Gasteiger partial charge >= 0.3 is 0 Å². The number of nitrogens with zero attached hydrogens (tertiary/aromatic N) is 3. The summed E-state index contributed by atoms with van der Waals surface area (Å²) in [5, 5.41) is 3.97. The molecule has 0 saturated heterocycles. The van der Waals surface area contributed by atoms with Gasteiger partial charge in [0.2, 0.25) is 0 Å². The molecule has 1 aromatic heterocycles. The van der Waals surface area contributed by atoms with E-state index >= 15 is 0 Å². The summed E-state index contributed by atoms with van der Waals surface area (Å²) in [5.41, 5.74) is 5.25. The van der Waals surface area contributed by atoms with Gasteiger partial charge in [-0.2, -0.15) is 5.10 Å². The van der Waals surface area contributed by atoms with Gasteiger partial charge in [0, 0.05) is 6.04 Å². The van der Waals surface area contributed by atoms with Crippen LogP contribution in [0.25, 0.3) is 0 Å². The molecule has 0 fully saturated rings. The van der Waals surface area contributed by atoms with Gasteiger partial charge in [-0.15, -0.1) is 0 Å². The summed E-state index contributed by atoms with van der Waals surface area (Å²) < 4.78 is 39.4. The van der Waals surface area contributed by atoms with Gasteiger partial charge in [-0.1, -0.05) is 0 Å². The molecule has 2 rings (SSSR count). The average Bonchev–Trinajstić information content (AvgIpc) is 2.80. The number of nitrogen functional groups attached to an aromatic ring is 1. The van der Waals surface area contributed by atoms with Gasteiger partial charge in [-0.3, -0.25) is 0 Å². The highest BCUT2D eigenvalue weighted by Crippen LogP contribution is 2.20. The van der Waals surface area contributed by atoms with Crippen molar-refractivity contribution in [1.82, 2.24) is 14.8 Å². The van der Waals surface area contributed by atoms with E-state index in [9.17, 15) is 12.8 Å². The van der Waals surface area contributed by atoms with Crippen molar-refractivity contribution in [2.75, 3.05) is 5.73 Å². The summed E-state index contributed by atoms with van der Waals surface area (Å²) >= 11 is 0. The molecule has 2 aromatic rings. The van der Waals surface area contributed by atoms with Crippen LogP contribution < -0.4 is 5.73 Å². The quantitative estimate of drug-likeness (QED) is 0.865. The van der Waals surface area contributed by atoms with Crippen molar-refractivity contribution in [2.45, 2.75) is 30.5 Å². The molecule has 0 atom stereocenters. The van der Waals surface area contributed by atoms with Gasteiger partial charge in [0.25, 0.3) is 0 Å². The average molecular weight is 298 g/mol. The summed E-state index contributed by atoms with van der Waals surface area (Å²) in [6.45, 7) is 3.74. The fourth-order valence-corrected chi connectivity index (χ4v) is 3.04. The highest BCUT2D eigenvalue weighted by Gasteiger charge is 2.21. The molecular formula is C12H15FN4O2S. The first kappa shape index (κ1) is 14.4. The Balaban J connectivity index is 2.36. The second-order valence-corrected chi connectivity index (χ2v) is 6.65. The van der Waals surface area contributed by atoms with Crippen molar-refractivity contribution in [3.8, 4) is 0 Å². The van der Waals surface area contributed by atoms with E-state index in [0.29, 0.717) is 5.82 Å². The number of hydrogen-bond acceptors (Lipinski definition) is 5. The molecule has 0 aliphatic heterocycles. The molecule has 0 spiro atoms. The Morgan fingerprint density at radius 1 is 1.40 bits per heavy atom. The Labute approximate surface area is 116 Å². The molecule has 2 N–H and O–H groups in total. The number of sulfone groups is 1. The molecule has 6 nitrogen and oxygen atoms in total. The predicted octanol–water partition coefficient (Wildman–Crippen LogP) is 1.55. The number of hydrogen-bond donors (Lipinski definition) is 1. The van der Waals surface area contributed by atoms with E-state index < -0.39 is 15.7 Å². The summed E-state index contributed by atoms with van der Waals surface area (Å²) in [6.07, 6.45) is 1.30. The first-order valence-electron chi connectivity index (χ1n) is 5.97. The maximum atomic E-state index is 13.4. The van der Waals surface area contributed by atoms with Crippen molar-refractivity contribution in [3.63, 3.8) is 0 Å².